The predicted octanol–water partition coefficient (Wildman–Crippen LogP) is 4.04. The number of hydrogen-bond donors (Lipinski definition) is 1. The summed E-state index contributed by atoms with van der Waals surface area (Å²) in [6.45, 7) is 6.67. The van der Waals surface area contributed by atoms with Crippen LogP contribution in [0.4, 0.5) is 0 Å². The molecule has 3 nitrogen and oxygen atoms in total. The van der Waals surface area contributed by atoms with E-state index in [9.17, 15) is 8.42 Å². The number of benzene rings is 2. The molecule has 0 atom stereocenters. The zero-order valence-electron chi connectivity index (χ0n) is 13.6. The monoisotopic (exact) mass is 319 g/mol. The molecule has 0 spiro atoms. The second kappa shape index (κ2) is 7.25. The minimum atomic E-state index is -3.44. The van der Waals surface area contributed by atoms with Crippen LogP contribution in [-0.4, -0.2) is 15.0 Å². The maximum Gasteiger partial charge on any atom is 0.240 e. The average Bonchev–Trinajstić information content (AvgIpc) is 2.53. The topological polar surface area (TPSA) is 46.2 Å². The Hall–Kier alpha value is -1.39. The van der Waals surface area contributed by atoms with Gasteiger partial charge in [-0.1, -0.05) is 51.5 Å². The van der Waals surface area contributed by atoms with Crippen molar-refractivity contribution in [1.29, 1.82) is 0 Å². The highest BCUT2D eigenvalue weighted by molar-refractivity contribution is 7.89. The molecule has 1 N–H and O–H groups in total. The van der Waals surface area contributed by atoms with Crippen LogP contribution >= 0.6 is 0 Å². The maximum absolute atomic E-state index is 12.6. The summed E-state index contributed by atoms with van der Waals surface area (Å²) in [4.78, 5) is 0.430. The molecule has 0 saturated heterocycles. The summed E-state index contributed by atoms with van der Waals surface area (Å²) in [6.07, 6.45) is 3.44. The Bertz CT molecular complexity index is 751. The molecule has 2 aromatic rings. The van der Waals surface area contributed by atoms with Crippen LogP contribution < -0.4 is 4.72 Å². The van der Waals surface area contributed by atoms with Crippen molar-refractivity contribution in [3.8, 4) is 0 Å². The highest BCUT2D eigenvalue weighted by Crippen LogP contribution is 2.29. The second-order valence-electron chi connectivity index (χ2n) is 5.52. The Morgan fingerprint density at radius 3 is 2.41 bits per heavy atom. The van der Waals surface area contributed by atoms with Gasteiger partial charge in [-0.05, 0) is 47.2 Å². The van der Waals surface area contributed by atoms with Crippen LogP contribution in [0.25, 0.3) is 10.8 Å². The number of nitrogens with one attached hydrogen (secondary N) is 1. The molecule has 0 radical (unpaired) electrons. The van der Waals surface area contributed by atoms with Gasteiger partial charge < -0.3 is 0 Å². The first kappa shape index (κ1) is 17.0. The lowest BCUT2D eigenvalue weighted by Gasteiger charge is -2.15. The zero-order valence-corrected chi connectivity index (χ0v) is 14.5. The molecule has 0 bridgehead atoms. The first-order valence-corrected chi connectivity index (χ1v) is 9.56. The summed E-state index contributed by atoms with van der Waals surface area (Å²) in [5, 5.41) is 2.22. The summed E-state index contributed by atoms with van der Waals surface area (Å²) in [7, 11) is -3.44. The van der Waals surface area contributed by atoms with Crippen molar-refractivity contribution in [2.75, 3.05) is 6.54 Å². The van der Waals surface area contributed by atoms with E-state index in [-0.39, 0.29) is 0 Å². The van der Waals surface area contributed by atoms with Crippen LogP contribution in [-0.2, 0) is 22.9 Å². The van der Waals surface area contributed by atoms with Gasteiger partial charge in [0.2, 0.25) is 10.0 Å². The summed E-state index contributed by atoms with van der Waals surface area (Å²) in [5.74, 6) is 0. The summed E-state index contributed by atoms with van der Waals surface area (Å²) in [6, 6.07) is 9.84. The molecule has 0 amide bonds. The standard InChI is InChI=1S/C18H25NO2S/c1-4-7-13-19-22(20,21)17-12-11-15-10-8-9-14(5-2)18(15)16(17)6-3/h8-12,19H,4-7,13H2,1-3H3. The molecule has 0 aromatic heterocycles. The minimum absolute atomic E-state index is 0.430. The molecule has 4 heteroatoms. The van der Waals surface area contributed by atoms with Crippen LogP contribution in [0, 0.1) is 0 Å². The fourth-order valence-corrected chi connectivity index (χ4v) is 4.26. The quantitative estimate of drug-likeness (QED) is 0.783. The number of aryl methyl sites for hydroxylation is 2. The molecule has 0 fully saturated rings. The number of rotatable bonds is 7. The number of fused-ring (bicyclic) bond motifs is 1. The third-order valence-corrected chi connectivity index (χ3v) is 5.59. The number of hydrogen-bond acceptors (Lipinski definition) is 2. The molecular formula is C18H25NO2S. The van der Waals surface area contributed by atoms with E-state index in [0.717, 1.165) is 35.6 Å². The van der Waals surface area contributed by atoms with Crippen molar-refractivity contribution in [1.82, 2.24) is 4.72 Å². The van der Waals surface area contributed by atoms with Gasteiger partial charge in [-0.15, -0.1) is 0 Å². The van der Waals surface area contributed by atoms with E-state index >= 15 is 0 Å². The zero-order chi connectivity index (χ0) is 16.2. The van der Waals surface area contributed by atoms with Crippen LogP contribution in [0.5, 0.6) is 0 Å². The summed E-state index contributed by atoms with van der Waals surface area (Å²) < 4.78 is 28.0. The first-order valence-electron chi connectivity index (χ1n) is 8.08. The van der Waals surface area contributed by atoms with Crippen LogP contribution in [0.2, 0.25) is 0 Å². The number of unbranched alkanes of at least 4 members (excludes halogenated alkanes) is 1. The molecule has 2 rings (SSSR count). The summed E-state index contributed by atoms with van der Waals surface area (Å²) in [5.41, 5.74) is 2.14. The lowest BCUT2D eigenvalue weighted by atomic mass is 9.96. The Labute approximate surface area is 133 Å². The molecule has 120 valence electrons. The van der Waals surface area contributed by atoms with Crippen molar-refractivity contribution in [2.45, 2.75) is 51.3 Å². The highest BCUT2D eigenvalue weighted by atomic mass is 32.2. The minimum Gasteiger partial charge on any atom is -0.211 e. The van der Waals surface area contributed by atoms with Gasteiger partial charge in [0.1, 0.15) is 0 Å². The van der Waals surface area contributed by atoms with Gasteiger partial charge in [-0.2, -0.15) is 0 Å². The van der Waals surface area contributed by atoms with Gasteiger partial charge in [0.05, 0.1) is 4.90 Å². The van der Waals surface area contributed by atoms with Crippen molar-refractivity contribution < 1.29 is 8.42 Å². The maximum atomic E-state index is 12.6. The van der Waals surface area contributed by atoms with E-state index in [4.69, 9.17) is 0 Å². The number of sulfonamides is 1. The molecule has 0 aliphatic rings. The van der Waals surface area contributed by atoms with E-state index in [1.807, 2.05) is 19.1 Å². The Kier molecular flexibility index (Phi) is 5.59. The van der Waals surface area contributed by atoms with Crippen LogP contribution in [0.1, 0.15) is 44.7 Å². The van der Waals surface area contributed by atoms with E-state index in [0.29, 0.717) is 17.9 Å². The molecule has 2 aromatic carbocycles. The fourth-order valence-electron chi connectivity index (χ4n) is 2.87. The lowest BCUT2D eigenvalue weighted by molar-refractivity contribution is 0.577. The van der Waals surface area contributed by atoms with E-state index in [1.165, 1.54) is 5.56 Å². The SMILES string of the molecule is CCCCNS(=O)(=O)c1ccc2cccc(CC)c2c1CC. The molecular weight excluding hydrogens is 294 g/mol. The van der Waals surface area contributed by atoms with E-state index in [2.05, 4.69) is 30.7 Å². The molecule has 0 unspecified atom stereocenters. The Balaban J connectivity index is 2.60. The average molecular weight is 319 g/mol. The second-order valence-corrected chi connectivity index (χ2v) is 7.25. The van der Waals surface area contributed by atoms with Gasteiger partial charge in [-0.25, -0.2) is 13.1 Å². The normalized spacial score (nSPS) is 12.0. The Morgan fingerprint density at radius 2 is 1.77 bits per heavy atom. The van der Waals surface area contributed by atoms with Gasteiger partial charge in [0.15, 0.2) is 0 Å². The lowest BCUT2D eigenvalue weighted by Crippen LogP contribution is -2.25. The summed E-state index contributed by atoms with van der Waals surface area (Å²) >= 11 is 0. The van der Waals surface area contributed by atoms with Crippen molar-refractivity contribution in [3.63, 3.8) is 0 Å². The van der Waals surface area contributed by atoms with Gasteiger partial charge in [0, 0.05) is 6.54 Å². The molecule has 0 aliphatic heterocycles. The van der Waals surface area contributed by atoms with E-state index < -0.39 is 10.0 Å². The largest absolute Gasteiger partial charge is 0.240 e. The van der Waals surface area contributed by atoms with Gasteiger partial charge >= 0.3 is 0 Å². The third-order valence-electron chi connectivity index (χ3n) is 4.04. The van der Waals surface area contributed by atoms with Crippen LogP contribution in [0.15, 0.2) is 35.2 Å². The molecule has 0 saturated carbocycles. The molecule has 0 aliphatic carbocycles. The smallest absolute Gasteiger partial charge is 0.211 e. The molecule has 22 heavy (non-hydrogen) atoms. The Morgan fingerprint density at radius 1 is 1.00 bits per heavy atom. The fraction of sp³-hybridized carbons (Fsp3) is 0.444. The molecule has 0 heterocycles. The van der Waals surface area contributed by atoms with E-state index in [1.54, 1.807) is 6.07 Å². The third kappa shape index (κ3) is 3.33. The first-order chi connectivity index (χ1) is 10.5. The van der Waals surface area contributed by atoms with Crippen LogP contribution in [0.3, 0.4) is 0 Å². The predicted molar refractivity (Wildman–Crippen MR) is 92.8 cm³/mol. The highest BCUT2D eigenvalue weighted by Gasteiger charge is 2.20. The van der Waals surface area contributed by atoms with Crippen molar-refractivity contribution >= 4 is 20.8 Å². The van der Waals surface area contributed by atoms with Gasteiger partial charge in [-0.3, -0.25) is 0 Å². The van der Waals surface area contributed by atoms with Crippen molar-refractivity contribution in [2.24, 2.45) is 0 Å². The van der Waals surface area contributed by atoms with Gasteiger partial charge in [0.25, 0.3) is 0 Å². The van der Waals surface area contributed by atoms with Crippen molar-refractivity contribution in [3.05, 3.63) is 41.5 Å².